The van der Waals surface area contributed by atoms with Crippen molar-refractivity contribution in [2.24, 2.45) is 0 Å². The summed E-state index contributed by atoms with van der Waals surface area (Å²) in [5.41, 5.74) is 1.82. The van der Waals surface area contributed by atoms with Gasteiger partial charge in [0.25, 0.3) is 0 Å². The van der Waals surface area contributed by atoms with Crippen molar-refractivity contribution in [1.82, 2.24) is 0 Å². The molecule has 0 unspecified atom stereocenters. The first-order valence-electron chi connectivity index (χ1n) is 4.55. The van der Waals surface area contributed by atoms with Gasteiger partial charge in [-0.1, -0.05) is 0 Å². The maximum atomic E-state index is 8.77. The van der Waals surface area contributed by atoms with Gasteiger partial charge in [-0.05, 0) is 30.7 Å². The second-order valence-electron chi connectivity index (χ2n) is 3.37. The lowest BCUT2D eigenvalue weighted by molar-refractivity contribution is 0.0455. The molecule has 0 amide bonds. The largest absolute Gasteiger partial charge is 0.379 e. The summed E-state index contributed by atoms with van der Waals surface area (Å²) in [6.07, 6.45) is 0. The van der Waals surface area contributed by atoms with Crippen LogP contribution in [0, 0.1) is 18.3 Å². The zero-order valence-electron chi connectivity index (χ0n) is 7.99. The lowest BCUT2D eigenvalue weighted by Crippen LogP contribution is -2.29. The molecular formula is C11H11NOS. The third kappa shape index (κ3) is 1.92. The molecular weight excluding hydrogens is 194 g/mol. The predicted octanol–water partition coefficient (Wildman–Crippen LogP) is 2.36. The molecule has 1 saturated heterocycles. The molecule has 0 aliphatic carbocycles. The molecule has 1 aliphatic rings. The Morgan fingerprint density at radius 3 is 2.79 bits per heavy atom. The molecule has 0 saturated carbocycles. The van der Waals surface area contributed by atoms with E-state index in [4.69, 9.17) is 10.00 Å². The van der Waals surface area contributed by atoms with Gasteiger partial charge in [0.1, 0.15) is 0 Å². The SMILES string of the molecule is Cc1cc(SC2COC2)ccc1C#N. The van der Waals surface area contributed by atoms with E-state index in [1.165, 1.54) is 4.90 Å². The second kappa shape index (κ2) is 4.04. The fourth-order valence-corrected chi connectivity index (χ4v) is 2.41. The molecule has 72 valence electrons. The lowest BCUT2D eigenvalue weighted by atomic mass is 10.1. The van der Waals surface area contributed by atoms with Crippen LogP contribution in [0.2, 0.25) is 0 Å². The van der Waals surface area contributed by atoms with E-state index in [2.05, 4.69) is 12.1 Å². The van der Waals surface area contributed by atoms with Crippen LogP contribution in [0.15, 0.2) is 23.1 Å². The van der Waals surface area contributed by atoms with E-state index in [1.807, 2.05) is 30.8 Å². The Hall–Kier alpha value is -0.980. The highest BCUT2D eigenvalue weighted by atomic mass is 32.2. The van der Waals surface area contributed by atoms with Gasteiger partial charge in [0.15, 0.2) is 0 Å². The van der Waals surface area contributed by atoms with Crippen LogP contribution >= 0.6 is 11.8 Å². The molecule has 0 N–H and O–H groups in total. The maximum Gasteiger partial charge on any atom is 0.0994 e. The number of aryl methyl sites for hydroxylation is 1. The Morgan fingerprint density at radius 2 is 2.29 bits per heavy atom. The van der Waals surface area contributed by atoms with Gasteiger partial charge in [-0.2, -0.15) is 5.26 Å². The topological polar surface area (TPSA) is 33.0 Å². The van der Waals surface area contributed by atoms with Gasteiger partial charge >= 0.3 is 0 Å². The van der Waals surface area contributed by atoms with Crippen LogP contribution in [-0.2, 0) is 4.74 Å². The number of nitrogens with zero attached hydrogens (tertiary/aromatic N) is 1. The number of hydrogen-bond acceptors (Lipinski definition) is 3. The Kier molecular flexibility index (Phi) is 2.76. The van der Waals surface area contributed by atoms with Gasteiger partial charge in [-0.25, -0.2) is 0 Å². The minimum absolute atomic E-state index is 0.599. The van der Waals surface area contributed by atoms with Crippen molar-refractivity contribution in [2.75, 3.05) is 13.2 Å². The van der Waals surface area contributed by atoms with Crippen LogP contribution in [-0.4, -0.2) is 18.5 Å². The van der Waals surface area contributed by atoms with Gasteiger partial charge in [0.2, 0.25) is 0 Å². The fourth-order valence-electron chi connectivity index (χ4n) is 1.31. The van der Waals surface area contributed by atoms with Crippen LogP contribution < -0.4 is 0 Å². The van der Waals surface area contributed by atoms with Gasteiger partial charge in [0.05, 0.1) is 30.1 Å². The summed E-state index contributed by atoms with van der Waals surface area (Å²) < 4.78 is 5.11. The average Bonchev–Trinajstić information content (AvgIpc) is 2.12. The molecule has 0 spiro atoms. The molecule has 1 aromatic carbocycles. The Morgan fingerprint density at radius 1 is 1.50 bits per heavy atom. The minimum atomic E-state index is 0.599. The van der Waals surface area contributed by atoms with Crippen molar-refractivity contribution in [3.8, 4) is 6.07 Å². The van der Waals surface area contributed by atoms with E-state index >= 15 is 0 Å². The molecule has 14 heavy (non-hydrogen) atoms. The highest BCUT2D eigenvalue weighted by molar-refractivity contribution is 8.00. The first-order chi connectivity index (χ1) is 6.79. The van der Waals surface area contributed by atoms with Crippen LogP contribution in [0.25, 0.3) is 0 Å². The zero-order chi connectivity index (χ0) is 9.97. The first-order valence-corrected chi connectivity index (χ1v) is 5.42. The molecule has 1 aromatic rings. The molecule has 0 radical (unpaired) electrons. The van der Waals surface area contributed by atoms with Crippen LogP contribution in [0.4, 0.5) is 0 Å². The van der Waals surface area contributed by atoms with E-state index in [0.717, 1.165) is 24.3 Å². The predicted molar refractivity (Wildman–Crippen MR) is 56.4 cm³/mol. The highest BCUT2D eigenvalue weighted by Crippen LogP contribution is 2.29. The van der Waals surface area contributed by atoms with Crippen molar-refractivity contribution in [3.63, 3.8) is 0 Å². The van der Waals surface area contributed by atoms with Crippen molar-refractivity contribution in [1.29, 1.82) is 5.26 Å². The molecule has 0 aromatic heterocycles. The summed E-state index contributed by atoms with van der Waals surface area (Å²) in [5, 5.41) is 9.37. The first kappa shape index (κ1) is 9.57. The quantitative estimate of drug-likeness (QED) is 0.743. The molecule has 1 fully saturated rings. The molecule has 3 heteroatoms. The van der Waals surface area contributed by atoms with Crippen molar-refractivity contribution in [3.05, 3.63) is 29.3 Å². The Bertz CT molecular complexity index is 379. The summed E-state index contributed by atoms with van der Waals surface area (Å²) in [4.78, 5) is 1.23. The van der Waals surface area contributed by atoms with Crippen molar-refractivity contribution >= 4 is 11.8 Å². The third-order valence-corrected chi connectivity index (χ3v) is 3.36. The maximum absolute atomic E-state index is 8.77. The van der Waals surface area contributed by atoms with E-state index in [1.54, 1.807) is 0 Å². The number of hydrogen-bond donors (Lipinski definition) is 0. The van der Waals surface area contributed by atoms with E-state index < -0.39 is 0 Å². The monoisotopic (exact) mass is 205 g/mol. The summed E-state index contributed by atoms with van der Waals surface area (Å²) in [6.45, 7) is 3.67. The minimum Gasteiger partial charge on any atom is -0.379 e. The van der Waals surface area contributed by atoms with E-state index in [-0.39, 0.29) is 0 Å². The summed E-state index contributed by atoms with van der Waals surface area (Å²) >= 11 is 1.83. The number of nitriles is 1. The second-order valence-corrected chi connectivity index (χ2v) is 4.74. The molecule has 2 rings (SSSR count). The fraction of sp³-hybridized carbons (Fsp3) is 0.364. The van der Waals surface area contributed by atoms with Gasteiger partial charge < -0.3 is 4.74 Å². The molecule has 2 nitrogen and oxygen atoms in total. The van der Waals surface area contributed by atoms with Crippen LogP contribution in [0.5, 0.6) is 0 Å². The number of ether oxygens (including phenoxy) is 1. The summed E-state index contributed by atoms with van der Waals surface area (Å²) in [6, 6.07) is 8.14. The molecule has 1 aliphatic heterocycles. The smallest absolute Gasteiger partial charge is 0.0994 e. The molecule has 0 atom stereocenters. The standard InChI is InChI=1S/C11H11NOS/c1-8-4-10(3-2-9(8)5-12)14-11-6-13-7-11/h2-4,11H,6-7H2,1H3. The Balaban J connectivity index is 2.12. The van der Waals surface area contributed by atoms with Crippen LogP contribution in [0.3, 0.4) is 0 Å². The average molecular weight is 205 g/mol. The van der Waals surface area contributed by atoms with Crippen molar-refractivity contribution < 1.29 is 4.74 Å². The molecule has 1 heterocycles. The number of benzene rings is 1. The number of thioether (sulfide) groups is 1. The van der Waals surface area contributed by atoms with Gasteiger partial charge in [0, 0.05) is 4.90 Å². The van der Waals surface area contributed by atoms with Crippen molar-refractivity contribution in [2.45, 2.75) is 17.1 Å². The Labute approximate surface area is 87.9 Å². The molecule has 0 bridgehead atoms. The van der Waals surface area contributed by atoms with Gasteiger partial charge in [-0.3, -0.25) is 0 Å². The van der Waals surface area contributed by atoms with Crippen LogP contribution in [0.1, 0.15) is 11.1 Å². The highest BCUT2D eigenvalue weighted by Gasteiger charge is 2.19. The number of rotatable bonds is 2. The lowest BCUT2D eigenvalue weighted by Gasteiger charge is -2.25. The van der Waals surface area contributed by atoms with E-state index in [0.29, 0.717) is 5.25 Å². The zero-order valence-corrected chi connectivity index (χ0v) is 8.80. The summed E-state index contributed by atoms with van der Waals surface area (Å²) in [7, 11) is 0. The van der Waals surface area contributed by atoms with Gasteiger partial charge in [-0.15, -0.1) is 11.8 Å². The summed E-state index contributed by atoms with van der Waals surface area (Å²) in [5.74, 6) is 0. The van der Waals surface area contributed by atoms with E-state index in [9.17, 15) is 0 Å². The normalized spacial score (nSPS) is 16.0. The third-order valence-electron chi connectivity index (χ3n) is 2.23.